The molecule has 1 amide bonds. The maximum atomic E-state index is 13.3. The molecule has 0 fully saturated rings. The molecule has 0 bridgehead atoms. The van der Waals surface area contributed by atoms with Gasteiger partial charge in [-0.05, 0) is 142 Å². The summed E-state index contributed by atoms with van der Waals surface area (Å²) < 4.78 is 4.80. The minimum atomic E-state index is -0.0806. The van der Waals surface area contributed by atoms with Crippen molar-refractivity contribution in [3.05, 3.63) is 225 Å². The molecule has 1 N–H and O–H groups in total. The maximum Gasteiger partial charge on any atom is 0.373 e. The van der Waals surface area contributed by atoms with Crippen LogP contribution in [0.5, 0.6) is 0 Å². The molecular weight excluding hydrogens is 995 g/mol. The van der Waals surface area contributed by atoms with Crippen molar-refractivity contribution in [1.82, 2.24) is 14.5 Å². The third kappa shape index (κ3) is 15.3. The Labute approximate surface area is 471 Å². The molecule has 0 aliphatic carbocycles. The van der Waals surface area contributed by atoms with Gasteiger partial charge in [0.1, 0.15) is 0 Å². The molecule has 0 unspecified atom stereocenters. The number of hydrogen-bond donors (Lipinski definition) is 1. The van der Waals surface area contributed by atoms with Gasteiger partial charge in [0.15, 0.2) is 0 Å². The molecule has 10 nitrogen and oxygen atoms in total. The Morgan fingerprint density at radius 2 is 0.850 bits per heavy atom. The Morgan fingerprint density at radius 1 is 0.463 bits per heavy atom. The fraction of sp³-hybridized carbons (Fsp3) is 0.286. The molecule has 10 heteroatoms. The van der Waals surface area contributed by atoms with Gasteiger partial charge in [-0.3, -0.25) is 4.79 Å². The fourth-order valence-electron chi connectivity index (χ4n) is 10.2. The number of benzene rings is 7. The van der Waals surface area contributed by atoms with Crippen molar-refractivity contribution in [3.63, 3.8) is 0 Å². The number of para-hydroxylation sites is 1. The molecule has 0 radical (unpaired) electrons. The first kappa shape index (κ1) is 62.1. The molecule has 0 saturated heterocycles. The van der Waals surface area contributed by atoms with E-state index >= 15 is 0 Å². The highest BCUT2D eigenvalue weighted by molar-refractivity contribution is 5.99. The Kier molecular flexibility index (Phi) is 21.1. The number of fused-ring (bicyclic) bond motifs is 2. The fourth-order valence-corrected chi connectivity index (χ4v) is 10.2. The minimum absolute atomic E-state index is 0.0507. The van der Waals surface area contributed by atoms with Gasteiger partial charge in [-0.15, -0.1) is 0 Å². The summed E-state index contributed by atoms with van der Waals surface area (Å²) in [6.07, 6.45) is 0.750. The number of aryl methyl sites for hydroxylation is 2. The highest BCUT2D eigenvalue weighted by atomic mass is 16.2. The molecule has 7 aromatic carbocycles. The molecule has 1 atom stereocenters. The molecule has 2 aromatic heterocycles. The average Bonchev–Trinajstić information content (AvgIpc) is 3.86. The van der Waals surface area contributed by atoms with Gasteiger partial charge < -0.3 is 14.5 Å². The zero-order valence-electron chi connectivity index (χ0n) is 48.8. The zero-order valence-corrected chi connectivity index (χ0v) is 48.8. The van der Waals surface area contributed by atoms with Gasteiger partial charge in [0.2, 0.25) is 0 Å². The number of hydrogen-bond acceptors (Lipinski definition) is 7. The summed E-state index contributed by atoms with van der Waals surface area (Å²) in [6.45, 7) is 32.8. The van der Waals surface area contributed by atoms with Crippen LogP contribution in [0.1, 0.15) is 142 Å². The lowest BCUT2D eigenvalue weighted by molar-refractivity contribution is -0.193. The van der Waals surface area contributed by atoms with E-state index in [-0.39, 0.29) is 46.6 Å². The predicted octanol–water partition coefficient (Wildman–Crippen LogP) is 15.6. The molecule has 0 saturated carbocycles. The Morgan fingerprint density at radius 3 is 1.27 bits per heavy atom. The summed E-state index contributed by atoms with van der Waals surface area (Å²) in [5.74, 6) is -0.0507. The summed E-state index contributed by atoms with van der Waals surface area (Å²) in [4.78, 5) is 62.1. The number of carbonyl (C=O) groups is 1. The van der Waals surface area contributed by atoms with Gasteiger partial charge in [0.25, 0.3) is 5.91 Å². The first-order valence-electron chi connectivity index (χ1n) is 26.8. The standard InChI is InChI=1S/C40H46N2O.C27H29N.3CO2/c1-26-28(3)42(25-29-14-16-31(17-15-29)34-12-10-11-13-36(34)40(7,8)9)37-23-20-32(24-35(26)37)38(43)41-27(2)30-18-21-33(22-19-30)39(4,5)6;1-19-20(2)28(26-13-9-7-10-23(19)26)18-21-14-16-22(17-15-21)24-11-6-8-12-25(24)27(3,4)5;3*2-1-3/h10-24,27H,25H2,1-9H3,(H,41,43);6-17H,18H2,1-5H3;;;/t27-;;;;/m0..../s1. The van der Waals surface area contributed by atoms with Crippen molar-refractivity contribution in [1.29, 1.82) is 0 Å². The number of amides is 1. The van der Waals surface area contributed by atoms with Crippen LogP contribution >= 0.6 is 0 Å². The lowest BCUT2D eigenvalue weighted by atomic mass is 9.82. The van der Waals surface area contributed by atoms with Crippen molar-refractivity contribution in [3.8, 4) is 22.3 Å². The highest BCUT2D eigenvalue weighted by Gasteiger charge is 2.21. The van der Waals surface area contributed by atoms with E-state index in [1.165, 1.54) is 83.5 Å². The lowest BCUT2D eigenvalue weighted by Gasteiger charge is -2.23. The molecule has 0 aliphatic rings. The number of aromatic nitrogens is 2. The third-order valence-corrected chi connectivity index (χ3v) is 14.8. The lowest BCUT2D eigenvalue weighted by Crippen LogP contribution is -2.26. The topological polar surface area (TPSA) is 141 Å². The number of nitrogens with one attached hydrogen (secondary N) is 1. The third-order valence-electron chi connectivity index (χ3n) is 14.8. The Bertz CT molecular complexity index is 3620. The van der Waals surface area contributed by atoms with Crippen LogP contribution in [0.25, 0.3) is 44.1 Å². The van der Waals surface area contributed by atoms with E-state index in [0.29, 0.717) is 5.56 Å². The first-order valence-corrected chi connectivity index (χ1v) is 26.8. The summed E-state index contributed by atoms with van der Waals surface area (Å²) in [7, 11) is 0. The van der Waals surface area contributed by atoms with Crippen molar-refractivity contribution in [2.24, 2.45) is 0 Å². The van der Waals surface area contributed by atoms with E-state index in [4.69, 9.17) is 28.8 Å². The van der Waals surface area contributed by atoms with Crippen LogP contribution in [0.3, 0.4) is 0 Å². The van der Waals surface area contributed by atoms with Gasteiger partial charge in [0.05, 0.1) is 6.04 Å². The molecule has 412 valence electrons. The van der Waals surface area contributed by atoms with Crippen molar-refractivity contribution < 1.29 is 33.6 Å². The molecule has 9 rings (SSSR count). The number of carbonyl (C=O) groups excluding carboxylic acids is 7. The molecule has 9 aromatic rings. The number of rotatable bonds is 9. The minimum Gasteiger partial charge on any atom is -0.346 e. The smallest absolute Gasteiger partial charge is 0.346 e. The van der Waals surface area contributed by atoms with E-state index in [2.05, 4.69) is 256 Å². The van der Waals surface area contributed by atoms with Crippen LogP contribution in [0.2, 0.25) is 0 Å². The summed E-state index contributed by atoms with van der Waals surface area (Å²) in [5, 5.41) is 5.69. The van der Waals surface area contributed by atoms with E-state index in [0.717, 1.165) is 29.6 Å². The Balaban J connectivity index is 0.000000272. The molecule has 0 aliphatic heterocycles. The molecule has 80 heavy (non-hydrogen) atoms. The van der Waals surface area contributed by atoms with Crippen molar-refractivity contribution in [2.45, 2.75) is 132 Å². The second kappa shape index (κ2) is 27.2. The molecular formula is C70H75N3O7. The second-order valence-electron chi connectivity index (χ2n) is 23.1. The zero-order chi connectivity index (χ0) is 59.1. The van der Waals surface area contributed by atoms with Gasteiger partial charge in [-0.25, -0.2) is 0 Å². The molecule has 0 spiro atoms. The van der Waals surface area contributed by atoms with Crippen molar-refractivity contribution in [2.75, 3.05) is 0 Å². The summed E-state index contributed by atoms with van der Waals surface area (Å²) in [5.41, 5.74) is 21.5. The predicted molar refractivity (Wildman–Crippen MR) is 318 cm³/mol. The maximum absolute atomic E-state index is 13.3. The van der Waals surface area contributed by atoms with E-state index in [1.807, 2.05) is 19.1 Å². The SMILES string of the molecule is Cc1c(C)n(Cc2ccc(-c3ccccc3C(C)(C)C)cc2)c2ccc(C(=O)N[C@@H](C)c3ccc(C(C)(C)C)cc3)cc12.Cc1c(C)n(Cc2ccc(-c3ccccc3C(C)(C)C)cc2)c2ccccc12.O=C=O.O=C=O.O=C=O. The van der Waals surface area contributed by atoms with Crippen LogP contribution in [0, 0.1) is 27.7 Å². The Hall–Kier alpha value is -8.77. The summed E-state index contributed by atoms with van der Waals surface area (Å²) in [6, 6.07) is 58.8. The number of nitrogens with zero attached hydrogens (tertiary/aromatic N) is 2. The van der Waals surface area contributed by atoms with Gasteiger partial charge in [0, 0.05) is 51.8 Å². The largest absolute Gasteiger partial charge is 0.373 e. The quantitative estimate of drug-likeness (QED) is 0.152. The van der Waals surface area contributed by atoms with Crippen LogP contribution < -0.4 is 5.32 Å². The summed E-state index contributed by atoms with van der Waals surface area (Å²) >= 11 is 0. The first-order chi connectivity index (χ1) is 37.8. The van der Waals surface area contributed by atoms with Gasteiger partial charge >= 0.3 is 18.5 Å². The normalized spacial score (nSPS) is 11.4. The van der Waals surface area contributed by atoms with E-state index in [1.54, 1.807) is 0 Å². The van der Waals surface area contributed by atoms with Gasteiger partial charge in [-0.2, -0.15) is 28.8 Å². The molecule has 2 heterocycles. The van der Waals surface area contributed by atoms with E-state index < -0.39 is 0 Å². The van der Waals surface area contributed by atoms with E-state index in [9.17, 15) is 4.79 Å². The monoisotopic (exact) mass is 1070 g/mol. The second-order valence-corrected chi connectivity index (χ2v) is 23.1. The van der Waals surface area contributed by atoms with Crippen LogP contribution in [-0.2, 0) is 58.1 Å². The van der Waals surface area contributed by atoms with Gasteiger partial charge in [-0.1, -0.05) is 202 Å². The van der Waals surface area contributed by atoms with Crippen LogP contribution in [0.4, 0.5) is 0 Å². The van der Waals surface area contributed by atoms with Crippen LogP contribution in [0.15, 0.2) is 164 Å². The highest BCUT2D eigenvalue weighted by Crippen LogP contribution is 2.36. The average molecular weight is 1070 g/mol. The van der Waals surface area contributed by atoms with Crippen molar-refractivity contribution >= 4 is 46.2 Å². The van der Waals surface area contributed by atoms with Crippen LogP contribution in [-0.4, -0.2) is 33.5 Å².